The van der Waals surface area contributed by atoms with E-state index in [4.69, 9.17) is 11.6 Å². The van der Waals surface area contributed by atoms with Gasteiger partial charge in [0.15, 0.2) is 0 Å². The van der Waals surface area contributed by atoms with Crippen LogP contribution in [-0.2, 0) is 11.8 Å². The summed E-state index contributed by atoms with van der Waals surface area (Å²) in [6, 6.07) is 14.7. The molecule has 37 heavy (non-hydrogen) atoms. The van der Waals surface area contributed by atoms with Gasteiger partial charge in [0.2, 0.25) is 5.91 Å². The molecule has 196 valence electrons. The summed E-state index contributed by atoms with van der Waals surface area (Å²) >= 11 is 6.41. The van der Waals surface area contributed by atoms with Gasteiger partial charge in [-0.15, -0.1) is 13.2 Å². The third-order valence-corrected chi connectivity index (χ3v) is 7.50. The van der Waals surface area contributed by atoms with E-state index < -0.39 is 23.5 Å². The van der Waals surface area contributed by atoms with Crippen molar-refractivity contribution in [1.82, 2.24) is 20.0 Å². The number of hydrogen-bond donors (Lipinski definition) is 2. The Morgan fingerprint density at radius 1 is 1.03 bits per heavy atom. The van der Waals surface area contributed by atoms with Crippen molar-refractivity contribution in [2.24, 2.45) is 7.05 Å². The molecule has 2 fully saturated rings. The van der Waals surface area contributed by atoms with Crippen molar-refractivity contribution >= 4 is 23.2 Å². The van der Waals surface area contributed by atoms with E-state index in [0.29, 0.717) is 43.9 Å². The predicted molar refractivity (Wildman–Crippen MR) is 131 cm³/mol. The topological polar surface area (TPSA) is 82.6 Å². The minimum absolute atomic E-state index is 0.00734. The van der Waals surface area contributed by atoms with Crippen LogP contribution in [0.3, 0.4) is 0 Å². The second kappa shape index (κ2) is 9.46. The number of nitrogens with zero attached hydrogens (tertiary/aromatic N) is 3. The number of ether oxygens (including phenoxy) is 1. The van der Waals surface area contributed by atoms with Crippen LogP contribution in [0.15, 0.2) is 59.4 Å². The monoisotopic (exact) mass is 535 g/mol. The third kappa shape index (κ3) is 4.69. The summed E-state index contributed by atoms with van der Waals surface area (Å²) in [6.07, 6.45) is -3.78. The average molecular weight is 536 g/mol. The molecular formula is C25H25ClF3N5O3. The molecule has 0 radical (unpaired) electrons. The maximum Gasteiger partial charge on any atom is 0.573 e. The van der Waals surface area contributed by atoms with E-state index >= 15 is 0 Å². The number of carbonyl (C=O) groups is 1. The summed E-state index contributed by atoms with van der Waals surface area (Å²) in [5, 5.41) is 5.63. The first-order valence-corrected chi connectivity index (χ1v) is 12.1. The lowest BCUT2D eigenvalue weighted by Gasteiger charge is -2.45. The van der Waals surface area contributed by atoms with Gasteiger partial charge in [-0.05, 0) is 42.7 Å². The third-order valence-electron chi connectivity index (χ3n) is 7.14. The van der Waals surface area contributed by atoms with Crippen molar-refractivity contribution < 1.29 is 22.7 Å². The zero-order valence-electron chi connectivity index (χ0n) is 19.9. The molecule has 2 aliphatic heterocycles. The second-order valence-corrected chi connectivity index (χ2v) is 9.59. The van der Waals surface area contributed by atoms with E-state index in [9.17, 15) is 22.8 Å². The predicted octanol–water partition coefficient (Wildman–Crippen LogP) is 3.78. The van der Waals surface area contributed by atoms with Crippen molar-refractivity contribution in [3.63, 3.8) is 0 Å². The second-order valence-electron chi connectivity index (χ2n) is 9.21. The van der Waals surface area contributed by atoms with E-state index in [-0.39, 0.29) is 16.7 Å². The molecule has 3 aromatic rings. The minimum Gasteiger partial charge on any atom is -0.406 e. The molecule has 0 aliphatic carbocycles. The molecule has 0 saturated carbocycles. The molecule has 2 aliphatic rings. The van der Waals surface area contributed by atoms with Gasteiger partial charge in [-0.25, -0.2) is 0 Å². The van der Waals surface area contributed by atoms with Crippen LogP contribution in [-0.4, -0.2) is 52.2 Å². The molecule has 1 amide bonds. The fourth-order valence-corrected chi connectivity index (χ4v) is 5.68. The molecule has 3 heterocycles. The molecule has 2 N–H and O–H groups in total. The van der Waals surface area contributed by atoms with Gasteiger partial charge in [-0.2, -0.15) is 0 Å². The highest BCUT2D eigenvalue weighted by Crippen LogP contribution is 2.41. The number of likely N-dealkylation sites (tertiary alicyclic amines) is 1. The number of rotatable bonds is 5. The van der Waals surface area contributed by atoms with Gasteiger partial charge in [0, 0.05) is 25.8 Å². The fourth-order valence-electron chi connectivity index (χ4n) is 5.41. The van der Waals surface area contributed by atoms with Crippen LogP contribution in [0.4, 0.5) is 18.9 Å². The van der Waals surface area contributed by atoms with E-state index in [1.165, 1.54) is 28.9 Å². The van der Waals surface area contributed by atoms with E-state index in [1.807, 2.05) is 30.3 Å². The Balaban J connectivity index is 1.46. The fraction of sp³-hybridized carbons (Fsp3) is 0.360. The Morgan fingerprint density at radius 3 is 2.24 bits per heavy atom. The van der Waals surface area contributed by atoms with Gasteiger partial charge >= 0.3 is 6.36 Å². The first kappa shape index (κ1) is 25.2. The van der Waals surface area contributed by atoms with E-state index in [2.05, 4.69) is 25.0 Å². The Labute approximate surface area is 215 Å². The highest BCUT2D eigenvalue weighted by Gasteiger charge is 2.51. The lowest BCUT2D eigenvalue weighted by atomic mass is 9.84. The van der Waals surface area contributed by atoms with Gasteiger partial charge in [0.05, 0.1) is 18.4 Å². The Hall–Kier alpha value is -3.44. The lowest BCUT2D eigenvalue weighted by molar-refractivity contribution is -0.274. The molecule has 12 heteroatoms. The molecule has 2 saturated heterocycles. The number of H-pyrrole nitrogens is 1. The number of aryl methyl sites for hydroxylation is 1. The molecular weight excluding hydrogens is 511 g/mol. The van der Waals surface area contributed by atoms with Crippen LogP contribution in [0.5, 0.6) is 5.75 Å². The van der Waals surface area contributed by atoms with Crippen molar-refractivity contribution in [3.05, 3.63) is 81.2 Å². The lowest BCUT2D eigenvalue weighted by Crippen LogP contribution is -2.57. The number of benzene rings is 2. The summed E-state index contributed by atoms with van der Waals surface area (Å²) < 4.78 is 43.6. The average Bonchev–Trinajstić information content (AvgIpc) is 3.31. The van der Waals surface area contributed by atoms with Gasteiger partial charge < -0.3 is 15.0 Å². The Morgan fingerprint density at radius 2 is 1.68 bits per heavy atom. The number of amides is 1. The van der Waals surface area contributed by atoms with Crippen LogP contribution in [0.1, 0.15) is 30.1 Å². The van der Waals surface area contributed by atoms with Crippen LogP contribution >= 0.6 is 11.6 Å². The molecule has 1 atom stereocenters. The van der Waals surface area contributed by atoms with Crippen molar-refractivity contribution in [2.45, 2.75) is 30.8 Å². The van der Waals surface area contributed by atoms with E-state index in [0.717, 1.165) is 5.69 Å². The van der Waals surface area contributed by atoms with Crippen molar-refractivity contribution in [1.29, 1.82) is 0 Å². The number of para-hydroxylation sites is 1. The largest absolute Gasteiger partial charge is 0.573 e. The minimum atomic E-state index is -4.80. The Kier molecular flexibility index (Phi) is 6.45. The number of aromatic amines is 1. The van der Waals surface area contributed by atoms with Gasteiger partial charge in [-0.1, -0.05) is 41.9 Å². The Bertz CT molecular complexity index is 1330. The van der Waals surface area contributed by atoms with Crippen molar-refractivity contribution in [3.8, 4) is 5.75 Å². The first-order chi connectivity index (χ1) is 17.6. The molecule has 0 bridgehead atoms. The molecule has 1 aromatic heterocycles. The summed E-state index contributed by atoms with van der Waals surface area (Å²) in [5.74, 6) is -0.379. The van der Waals surface area contributed by atoms with Crippen LogP contribution in [0.2, 0.25) is 5.02 Å². The number of aromatic nitrogens is 2. The van der Waals surface area contributed by atoms with Gasteiger partial charge in [-0.3, -0.25) is 24.3 Å². The first-order valence-electron chi connectivity index (χ1n) is 11.7. The van der Waals surface area contributed by atoms with Crippen LogP contribution in [0, 0.1) is 0 Å². The van der Waals surface area contributed by atoms with Gasteiger partial charge in [0.1, 0.15) is 16.3 Å². The number of anilines is 1. The molecule has 5 rings (SSSR count). The smallest absolute Gasteiger partial charge is 0.406 e. The van der Waals surface area contributed by atoms with Crippen LogP contribution < -0.4 is 20.5 Å². The number of nitrogens with one attached hydrogen (secondary N) is 2. The summed E-state index contributed by atoms with van der Waals surface area (Å²) in [6.45, 7) is 1.38. The number of hydrogen-bond acceptors (Lipinski definition) is 5. The number of alkyl halides is 3. The van der Waals surface area contributed by atoms with Gasteiger partial charge in [0.25, 0.3) is 5.56 Å². The number of piperidine rings is 1. The zero-order chi connectivity index (χ0) is 26.4. The van der Waals surface area contributed by atoms with Crippen molar-refractivity contribution in [2.75, 3.05) is 24.7 Å². The highest BCUT2D eigenvalue weighted by molar-refractivity contribution is 6.31. The quantitative estimate of drug-likeness (QED) is 0.519. The molecule has 2 aromatic carbocycles. The highest BCUT2D eigenvalue weighted by atomic mass is 35.5. The summed E-state index contributed by atoms with van der Waals surface area (Å²) in [5.41, 5.74) is 0.892. The summed E-state index contributed by atoms with van der Waals surface area (Å²) in [7, 11) is 1.66. The maximum absolute atomic E-state index is 13.1. The number of carbonyl (C=O) groups excluding carboxylic acids is 1. The maximum atomic E-state index is 13.1. The summed E-state index contributed by atoms with van der Waals surface area (Å²) in [4.78, 5) is 29.5. The SMILES string of the molecule is Cn1[nH]c(=O)c(Cl)c1C(c1ccc(OC(F)(F)F)cc1)N1CCC2(CC1)C(=O)NCN2c1ccccc1. The molecule has 1 unspecified atom stereocenters. The molecule has 8 nitrogen and oxygen atoms in total. The van der Waals surface area contributed by atoms with E-state index in [1.54, 1.807) is 7.05 Å². The molecule has 1 spiro atoms. The normalized spacial score (nSPS) is 18.7. The standard InChI is InChI=1S/C25H25ClF3N5O3/c1-32-21(19(26)22(35)31-32)20(16-7-9-18(10-8-16)37-25(27,28)29)33-13-11-24(12-14-33)23(36)30-15-34(24)17-5-3-2-4-6-17/h2-10,20H,11-15H2,1H3,(H,30,36)(H,31,35). The zero-order valence-corrected chi connectivity index (χ0v) is 20.6. The van der Waals surface area contributed by atoms with Crippen LogP contribution in [0.25, 0.3) is 0 Å². The number of halogens is 4.